The van der Waals surface area contributed by atoms with E-state index < -0.39 is 29.5 Å². The van der Waals surface area contributed by atoms with Crippen molar-refractivity contribution >= 4 is 11.6 Å². The van der Waals surface area contributed by atoms with E-state index in [2.05, 4.69) is 6.92 Å². The summed E-state index contributed by atoms with van der Waals surface area (Å²) < 4.78 is 0. The molecule has 0 aliphatic heterocycles. The van der Waals surface area contributed by atoms with Crippen LogP contribution in [0.25, 0.3) is 0 Å². The van der Waals surface area contributed by atoms with Crippen LogP contribution >= 0.6 is 0 Å². The van der Waals surface area contributed by atoms with Gasteiger partial charge in [-0.2, -0.15) is 0 Å². The summed E-state index contributed by atoms with van der Waals surface area (Å²) >= 11 is 0. The number of aliphatic hydroxyl groups is 3. The number of Topliss-reactive ketones (excluding diaryl/α,β-unsaturated/α-hetero) is 1. The summed E-state index contributed by atoms with van der Waals surface area (Å²) in [5.41, 5.74) is -1.54. The smallest absolute Gasteiger partial charge is 0.190 e. The van der Waals surface area contributed by atoms with Gasteiger partial charge in [0.1, 0.15) is 12.2 Å². The lowest BCUT2D eigenvalue weighted by molar-refractivity contribution is -0.178. The van der Waals surface area contributed by atoms with Crippen LogP contribution < -0.4 is 0 Å². The first kappa shape index (κ1) is 18.1. The van der Waals surface area contributed by atoms with Gasteiger partial charge in [-0.15, -0.1) is 0 Å². The molecule has 0 aromatic rings. The zero-order chi connectivity index (χ0) is 18.9. The lowest BCUT2D eigenvalue weighted by Gasteiger charge is -2.59. The summed E-state index contributed by atoms with van der Waals surface area (Å²) in [4.78, 5) is 24.2. The van der Waals surface area contributed by atoms with E-state index in [0.717, 1.165) is 24.8 Å². The number of aliphatic hydroxyl groups excluding tert-OH is 2. The van der Waals surface area contributed by atoms with Crippen molar-refractivity contribution in [3.05, 3.63) is 23.8 Å². The van der Waals surface area contributed by atoms with Gasteiger partial charge in [-0.1, -0.05) is 25.5 Å². The molecule has 0 bridgehead atoms. The van der Waals surface area contributed by atoms with Gasteiger partial charge >= 0.3 is 0 Å². The van der Waals surface area contributed by atoms with Crippen LogP contribution in [-0.4, -0.2) is 45.2 Å². The zero-order valence-corrected chi connectivity index (χ0v) is 15.4. The fourth-order valence-corrected chi connectivity index (χ4v) is 6.92. The van der Waals surface area contributed by atoms with Crippen molar-refractivity contribution in [1.29, 1.82) is 0 Å². The molecule has 4 aliphatic carbocycles. The predicted octanol–water partition coefficient (Wildman–Crippen LogP) is 1.56. The molecular formula is C21H28O5. The second-order valence-corrected chi connectivity index (χ2v) is 9.19. The molecule has 3 N–H and O–H groups in total. The second-order valence-electron chi connectivity index (χ2n) is 9.19. The Morgan fingerprint density at radius 1 is 1.31 bits per heavy atom. The van der Waals surface area contributed by atoms with Gasteiger partial charge in [0.2, 0.25) is 0 Å². The van der Waals surface area contributed by atoms with E-state index in [1.54, 1.807) is 12.2 Å². The molecule has 142 valence electrons. The monoisotopic (exact) mass is 360 g/mol. The van der Waals surface area contributed by atoms with Gasteiger partial charge < -0.3 is 15.3 Å². The Hall–Kier alpha value is -1.30. The highest BCUT2D eigenvalue weighted by molar-refractivity contribution is 6.01. The first-order valence-corrected chi connectivity index (χ1v) is 9.66. The second kappa shape index (κ2) is 5.60. The molecule has 0 amide bonds. The molecular weight excluding hydrogens is 332 g/mol. The fourth-order valence-electron chi connectivity index (χ4n) is 6.92. The van der Waals surface area contributed by atoms with Crippen molar-refractivity contribution in [2.75, 3.05) is 6.61 Å². The van der Waals surface area contributed by atoms with Crippen LogP contribution in [0.4, 0.5) is 0 Å². The van der Waals surface area contributed by atoms with Gasteiger partial charge in [-0.25, -0.2) is 0 Å². The van der Waals surface area contributed by atoms with E-state index in [1.807, 2.05) is 13.0 Å². The number of allylic oxidation sites excluding steroid dienone is 4. The minimum absolute atomic E-state index is 0.00912. The van der Waals surface area contributed by atoms with Crippen molar-refractivity contribution in [1.82, 2.24) is 0 Å². The molecule has 0 aromatic carbocycles. The van der Waals surface area contributed by atoms with Crippen LogP contribution in [0.2, 0.25) is 0 Å². The molecule has 4 rings (SSSR count). The predicted molar refractivity (Wildman–Crippen MR) is 95.0 cm³/mol. The largest absolute Gasteiger partial charge is 0.393 e. The van der Waals surface area contributed by atoms with Crippen LogP contribution in [0.3, 0.4) is 0 Å². The van der Waals surface area contributed by atoms with Gasteiger partial charge in [-0.3, -0.25) is 9.59 Å². The van der Waals surface area contributed by atoms with E-state index in [-0.39, 0.29) is 29.0 Å². The molecule has 0 radical (unpaired) electrons. The summed E-state index contributed by atoms with van der Waals surface area (Å²) in [6, 6.07) is 0. The van der Waals surface area contributed by atoms with Crippen molar-refractivity contribution in [3.63, 3.8) is 0 Å². The number of ketones is 2. The van der Waals surface area contributed by atoms with E-state index in [4.69, 9.17) is 0 Å². The highest BCUT2D eigenvalue weighted by Crippen LogP contribution is 2.67. The Balaban J connectivity index is 1.75. The number of hydrogen-bond donors (Lipinski definition) is 3. The van der Waals surface area contributed by atoms with Gasteiger partial charge in [0, 0.05) is 16.7 Å². The molecule has 5 heteroatoms. The van der Waals surface area contributed by atoms with E-state index >= 15 is 0 Å². The maximum absolute atomic E-state index is 12.4. The van der Waals surface area contributed by atoms with Gasteiger partial charge in [0.25, 0.3) is 0 Å². The molecule has 3 saturated carbocycles. The molecule has 4 aliphatic rings. The number of carbonyl (C=O) groups excluding carboxylic acids is 2. The van der Waals surface area contributed by atoms with Gasteiger partial charge in [0.05, 0.1) is 6.10 Å². The summed E-state index contributed by atoms with van der Waals surface area (Å²) in [6.07, 6.45) is 7.68. The summed E-state index contributed by atoms with van der Waals surface area (Å²) in [5, 5.41) is 31.7. The van der Waals surface area contributed by atoms with Crippen molar-refractivity contribution in [2.45, 2.75) is 57.7 Å². The van der Waals surface area contributed by atoms with Gasteiger partial charge in [-0.05, 0) is 56.1 Å². The molecule has 0 spiro atoms. The summed E-state index contributed by atoms with van der Waals surface area (Å²) in [7, 11) is 0. The summed E-state index contributed by atoms with van der Waals surface area (Å²) in [5.74, 6) is -0.227. The number of fused-ring (bicyclic) bond motifs is 5. The molecule has 0 saturated heterocycles. The average molecular weight is 360 g/mol. The first-order valence-electron chi connectivity index (χ1n) is 9.66. The lowest BCUT2D eigenvalue weighted by atomic mass is 9.46. The van der Waals surface area contributed by atoms with Crippen molar-refractivity contribution < 1.29 is 24.9 Å². The fraction of sp³-hybridized carbons (Fsp3) is 0.714. The highest BCUT2D eigenvalue weighted by Gasteiger charge is 2.67. The Labute approximate surface area is 153 Å². The molecule has 3 fully saturated rings. The maximum atomic E-state index is 12.4. The zero-order valence-electron chi connectivity index (χ0n) is 15.4. The average Bonchev–Trinajstić information content (AvgIpc) is 2.86. The molecule has 5 nitrogen and oxygen atoms in total. The standard InChI is InChI=1S/C21H28O5/c1-19-7-5-13(23)9-12(19)3-4-14-15-6-8-21(26,17(25)11-22)20(15,2)10-16(24)18(14)19/h5,7,9,14-16,18,22,24,26H,3-4,6,8,10-11H2,1-2H3/t14?,15?,16?,18?,19-,20-,21?/m0/s1. The van der Waals surface area contributed by atoms with Crippen molar-refractivity contribution in [2.24, 2.45) is 28.6 Å². The lowest BCUT2D eigenvalue weighted by Crippen LogP contribution is -2.61. The molecule has 7 atom stereocenters. The third-order valence-corrected chi connectivity index (χ3v) is 8.25. The Morgan fingerprint density at radius 3 is 2.73 bits per heavy atom. The van der Waals surface area contributed by atoms with Crippen LogP contribution in [0.1, 0.15) is 46.0 Å². The maximum Gasteiger partial charge on any atom is 0.190 e. The Bertz CT molecular complexity index is 724. The van der Waals surface area contributed by atoms with Crippen LogP contribution in [0, 0.1) is 28.6 Å². The molecule has 0 aromatic heterocycles. The number of rotatable bonds is 2. The van der Waals surface area contributed by atoms with Crippen LogP contribution in [0.15, 0.2) is 23.8 Å². The van der Waals surface area contributed by atoms with E-state index in [9.17, 15) is 24.9 Å². The third kappa shape index (κ3) is 2.08. The summed E-state index contributed by atoms with van der Waals surface area (Å²) in [6.45, 7) is 3.34. The van der Waals surface area contributed by atoms with E-state index in [0.29, 0.717) is 12.8 Å². The number of carbonyl (C=O) groups is 2. The Morgan fingerprint density at radius 2 is 2.04 bits per heavy atom. The number of hydrogen-bond acceptors (Lipinski definition) is 5. The highest BCUT2D eigenvalue weighted by atomic mass is 16.3. The molecule has 5 unspecified atom stereocenters. The first-order chi connectivity index (χ1) is 12.2. The third-order valence-electron chi connectivity index (χ3n) is 8.25. The van der Waals surface area contributed by atoms with Crippen molar-refractivity contribution in [3.8, 4) is 0 Å². The Kier molecular flexibility index (Phi) is 3.89. The molecule has 26 heavy (non-hydrogen) atoms. The van der Waals surface area contributed by atoms with E-state index in [1.165, 1.54) is 0 Å². The quantitative estimate of drug-likeness (QED) is 0.695. The topological polar surface area (TPSA) is 94.8 Å². The van der Waals surface area contributed by atoms with Gasteiger partial charge in [0.15, 0.2) is 11.6 Å². The minimum atomic E-state index is -1.56. The normalized spacial score (nSPS) is 49.9. The van der Waals surface area contributed by atoms with Crippen LogP contribution in [-0.2, 0) is 9.59 Å². The van der Waals surface area contributed by atoms with Crippen LogP contribution in [0.5, 0.6) is 0 Å². The SMILES string of the molecule is C[C@]12C=CC(=O)C=C1CCC1C2C(O)C[C@@]2(C)C1CCC2(O)C(=O)CO. The molecule has 0 heterocycles. The minimum Gasteiger partial charge on any atom is -0.393 e.